The molecule has 1 aromatic heterocycles. The molecule has 1 fully saturated rings. The van der Waals surface area contributed by atoms with Crippen LogP contribution in [0.15, 0.2) is 12.1 Å². The molecule has 1 aromatic rings. The second-order valence-corrected chi connectivity index (χ2v) is 7.18. The molecular formula is C16H21ClN4O4. The number of anilines is 1. The molecule has 1 atom stereocenters. The number of aromatic nitrogens is 1. The molecule has 9 heteroatoms. The van der Waals surface area contributed by atoms with Gasteiger partial charge in [-0.1, -0.05) is 11.6 Å². The molecule has 0 aliphatic carbocycles. The van der Waals surface area contributed by atoms with Crippen molar-refractivity contribution in [3.8, 4) is 0 Å². The highest BCUT2D eigenvalue weighted by molar-refractivity contribution is 6.29. The van der Waals surface area contributed by atoms with Gasteiger partial charge < -0.3 is 20.7 Å². The van der Waals surface area contributed by atoms with Crippen molar-refractivity contribution in [2.75, 3.05) is 18.4 Å². The van der Waals surface area contributed by atoms with Crippen molar-refractivity contribution in [1.82, 2.24) is 9.88 Å². The third kappa shape index (κ3) is 5.06. The summed E-state index contributed by atoms with van der Waals surface area (Å²) in [5.74, 6) is -1.53. The van der Waals surface area contributed by atoms with Crippen LogP contribution in [-0.4, -0.2) is 46.5 Å². The smallest absolute Gasteiger partial charge is 0.410 e. The lowest BCUT2D eigenvalue weighted by atomic mass is 10.1. The monoisotopic (exact) mass is 368 g/mol. The van der Waals surface area contributed by atoms with Gasteiger partial charge in [0.05, 0.1) is 11.6 Å². The van der Waals surface area contributed by atoms with Crippen LogP contribution in [0.2, 0.25) is 5.15 Å². The topological polar surface area (TPSA) is 115 Å². The Balaban J connectivity index is 2.01. The van der Waals surface area contributed by atoms with Crippen molar-refractivity contribution in [1.29, 1.82) is 0 Å². The van der Waals surface area contributed by atoms with E-state index in [9.17, 15) is 14.4 Å². The minimum absolute atomic E-state index is 0.101. The SMILES string of the molecule is CC(C)(C)OC(=O)N1CCC(C(=O)Nc2ccc(Cl)nc2C(N)=O)C1. The molecule has 1 aliphatic heterocycles. The van der Waals surface area contributed by atoms with E-state index < -0.39 is 23.5 Å². The third-order valence-corrected chi connectivity index (χ3v) is 3.77. The summed E-state index contributed by atoms with van der Waals surface area (Å²) in [5.41, 5.74) is 4.74. The molecule has 0 aromatic carbocycles. The Hall–Kier alpha value is -2.35. The highest BCUT2D eigenvalue weighted by atomic mass is 35.5. The Kier molecular flexibility index (Phi) is 5.52. The molecule has 1 unspecified atom stereocenters. The fraction of sp³-hybridized carbons (Fsp3) is 0.500. The highest BCUT2D eigenvalue weighted by Gasteiger charge is 2.33. The molecule has 0 bridgehead atoms. The molecule has 0 saturated carbocycles. The Bertz CT molecular complexity index is 702. The summed E-state index contributed by atoms with van der Waals surface area (Å²) in [7, 11) is 0. The Morgan fingerprint density at radius 1 is 1.36 bits per heavy atom. The summed E-state index contributed by atoms with van der Waals surface area (Å²) in [6, 6.07) is 2.92. The fourth-order valence-electron chi connectivity index (χ4n) is 2.43. The van der Waals surface area contributed by atoms with E-state index in [1.807, 2.05) is 0 Å². The first-order valence-electron chi connectivity index (χ1n) is 7.82. The maximum atomic E-state index is 12.4. The summed E-state index contributed by atoms with van der Waals surface area (Å²) in [5, 5.41) is 2.73. The highest BCUT2D eigenvalue weighted by Crippen LogP contribution is 2.22. The zero-order valence-electron chi connectivity index (χ0n) is 14.3. The van der Waals surface area contributed by atoms with Crippen LogP contribution >= 0.6 is 11.6 Å². The van der Waals surface area contributed by atoms with Crippen LogP contribution in [0.25, 0.3) is 0 Å². The molecule has 1 aliphatic rings. The van der Waals surface area contributed by atoms with Crippen LogP contribution in [0.4, 0.5) is 10.5 Å². The van der Waals surface area contributed by atoms with E-state index in [0.717, 1.165) is 0 Å². The largest absolute Gasteiger partial charge is 0.444 e. The minimum Gasteiger partial charge on any atom is -0.444 e. The Labute approximate surface area is 150 Å². The molecule has 136 valence electrons. The molecular weight excluding hydrogens is 348 g/mol. The van der Waals surface area contributed by atoms with Gasteiger partial charge in [0.1, 0.15) is 10.8 Å². The van der Waals surface area contributed by atoms with Gasteiger partial charge in [-0.15, -0.1) is 0 Å². The van der Waals surface area contributed by atoms with E-state index in [1.54, 1.807) is 20.8 Å². The van der Waals surface area contributed by atoms with Crippen molar-refractivity contribution in [3.05, 3.63) is 23.0 Å². The zero-order chi connectivity index (χ0) is 18.8. The number of halogens is 1. The van der Waals surface area contributed by atoms with E-state index in [-0.39, 0.29) is 29.0 Å². The molecule has 2 heterocycles. The molecule has 0 radical (unpaired) electrons. The predicted octanol–water partition coefficient (Wildman–Crippen LogP) is 2.03. The lowest BCUT2D eigenvalue weighted by molar-refractivity contribution is -0.119. The number of rotatable bonds is 3. The van der Waals surface area contributed by atoms with Crippen LogP contribution in [0.3, 0.4) is 0 Å². The first-order chi connectivity index (χ1) is 11.6. The van der Waals surface area contributed by atoms with E-state index in [2.05, 4.69) is 10.3 Å². The van der Waals surface area contributed by atoms with Crippen molar-refractivity contribution in [2.45, 2.75) is 32.8 Å². The fourth-order valence-corrected chi connectivity index (χ4v) is 2.57. The second-order valence-electron chi connectivity index (χ2n) is 6.80. The molecule has 8 nitrogen and oxygen atoms in total. The zero-order valence-corrected chi connectivity index (χ0v) is 15.1. The molecule has 2 rings (SSSR count). The molecule has 1 saturated heterocycles. The lowest BCUT2D eigenvalue weighted by Crippen LogP contribution is -2.36. The standard InChI is InChI=1S/C16H21ClN4O4/c1-16(2,3)25-15(24)21-7-6-9(8-21)14(23)19-10-4-5-11(17)20-12(10)13(18)22/h4-5,9H,6-8H2,1-3H3,(H2,18,22)(H,19,23). The van der Waals surface area contributed by atoms with Crippen molar-refractivity contribution < 1.29 is 19.1 Å². The van der Waals surface area contributed by atoms with Crippen LogP contribution in [0.5, 0.6) is 0 Å². The Morgan fingerprint density at radius 3 is 2.64 bits per heavy atom. The van der Waals surface area contributed by atoms with Gasteiger partial charge in [0.15, 0.2) is 5.69 Å². The van der Waals surface area contributed by atoms with Gasteiger partial charge in [-0.05, 0) is 39.3 Å². The first-order valence-corrected chi connectivity index (χ1v) is 8.20. The van der Waals surface area contributed by atoms with Gasteiger partial charge in [-0.25, -0.2) is 9.78 Å². The van der Waals surface area contributed by atoms with Gasteiger partial charge >= 0.3 is 6.09 Å². The number of hydrogen-bond acceptors (Lipinski definition) is 5. The summed E-state index contributed by atoms with van der Waals surface area (Å²) in [6.45, 7) is 6.01. The van der Waals surface area contributed by atoms with Crippen LogP contribution in [0.1, 0.15) is 37.7 Å². The number of carbonyl (C=O) groups excluding carboxylic acids is 3. The summed E-state index contributed by atoms with van der Waals surface area (Å²) < 4.78 is 5.30. The van der Waals surface area contributed by atoms with E-state index in [1.165, 1.54) is 17.0 Å². The van der Waals surface area contributed by atoms with E-state index in [0.29, 0.717) is 13.0 Å². The number of hydrogen-bond donors (Lipinski definition) is 2. The maximum Gasteiger partial charge on any atom is 0.410 e. The van der Waals surface area contributed by atoms with Gasteiger partial charge in [-0.2, -0.15) is 0 Å². The number of nitrogens with zero attached hydrogens (tertiary/aromatic N) is 2. The second kappa shape index (κ2) is 7.26. The summed E-state index contributed by atoms with van der Waals surface area (Å²) in [6.07, 6.45) is 0.0478. The van der Waals surface area contributed by atoms with Crippen LogP contribution in [-0.2, 0) is 9.53 Å². The van der Waals surface area contributed by atoms with Crippen LogP contribution in [0, 0.1) is 5.92 Å². The van der Waals surface area contributed by atoms with Gasteiger partial charge in [0.2, 0.25) is 5.91 Å². The normalized spacial score (nSPS) is 17.3. The molecule has 3 amide bonds. The number of carbonyl (C=O) groups is 3. The van der Waals surface area contributed by atoms with Gasteiger partial charge in [0.25, 0.3) is 5.91 Å². The summed E-state index contributed by atoms with van der Waals surface area (Å²) >= 11 is 5.74. The first kappa shape index (κ1) is 19.0. The average Bonchev–Trinajstić information content (AvgIpc) is 2.97. The number of ether oxygens (including phenoxy) is 1. The van der Waals surface area contributed by atoms with E-state index in [4.69, 9.17) is 22.1 Å². The number of nitrogens with one attached hydrogen (secondary N) is 1. The van der Waals surface area contributed by atoms with Crippen molar-refractivity contribution in [2.24, 2.45) is 11.7 Å². The molecule has 25 heavy (non-hydrogen) atoms. The summed E-state index contributed by atoms with van der Waals surface area (Å²) in [4.78, 5) is 41.2. The average molecular weight is 369 g/mol. The van der Waals surface area contributed by atoms with Crippen molar-refractivity contribution in [3.63, 3.8) is 0 Å². The lowest BCUT2D eigenvalue weighted by Gasteiger charge is -2.24. The minimum atomic E-state index is -0.792. The van der Waals surface area contributed by atoms with Crippen LogP contribution < -0.4 is 11.1 Å². The number of nitrogens with two attached hydrogens (primary N) is 1. The number of primary amides is 1. The third-order valence-electron chi connectivity index (χ3n) is 3.56. The number of amides is 3. The number of likely N-dealkylation sites (tertiary alicyclic amines) is 1. The quantitative estimate of drug-likeness (QED) is 0.792. The Morgan fingerprint density at radius 2 is 2.04 bits per heavy atom. The maximum absolute atomic E-state index is 12.4. The molecule has 0 spiro atoms. The predicted molar refractivity (Wildman–Crippen MR) is 92.3 cm³/mol. The van der Waals surface area contributed by atoms with Gasteiger partial charge in [0, 0.05) is 13.1 Å². The van der Waals surface area contributed by atoms with Crippen molar-refractivity contribution >= 4 is 35.2 Å². The number of pyridine rings is 1. The molecule has 3 N–H and O–H groups in total. The van der Waals surface area contributed by atoms with Gasteiger partial charge in [-0.3, -0.25) is 9.59 Å². The van der Waals surface area contributed by atoms with E-state index >= 15 is 0 Å².